The van der Waals surface area contributed by atoms with Crippen LogP contribution in [0.4, 0.5) is 0 Å². The Morgan fingerprint density at radius 3 is 2.53 bits per heavy atom. The number of carbonyl (C=O) groups is 2. The number of hydrogen-bond acceptors (Lipinski definition) is 3. The van der Waals surface area contributed by atoms with Gasteiger partial charge in [0.05, 0.1) is 5.92 Å². The van der Waals surface area contributed by atoms with Gasteiger partial charge in [0.1, 0.15) is 6.04 Å². The van der Waals surface area contributed by atoms with Crippen molar-refractivity contribution in [1.29, 1.82) is 0 Å². The summed E-state index contributed by atoms with van der Waals surface area (Å²) in [6, 6.07) is -0.910. The van der Waals surface area contributed by atoms with Crippen LogP contribution in [0.15, 0.2) is 12.2 Å². The highest BCUT2D eigenvalue weighted by Crippen LogP contribution is 2.17. The Balaban J connectivity index is 2.52. The summed E-state index contributed by atoms with van der Waals surface area (Å²) in [5.41, 5.74) is 5.65. The third-order valence-corrected chi connectivity index (χ3v) is 2.78. The fourth-order valence-corrected chi connectivity index (χ4v) is 1.89. The quantitative estimate of drug-likeness (QED) is 0.610. The predicted octanol–water partition coefficient (Wildman–Crippen LogP) is 0.505. The van der Waals surface area contributed by atoms with Gasteiger partial charge in [0, 0.05) is 6.04 Å². The summed E-state index contributed by atoms with van der Waals surface area (Å²) in [7, 11) is 0. The van der Waals surface area contributed by atoms with Gasteiger partial charge in [-0.05, 0) is 18.8 Å². The Kier molecular flexibility index (Phi) is 4.69. The molecule has 0 bridgehead atoms. The van der Waals surface area contributed by atoms with Gasteiger partial charge < -0.3 is 16.2 Å². The first-order valence-corrected chi connectivity index (χ1v) is 5.87. The van der Waals surface area contributed by atoms with Gasteiger partial charge in [-0.3, -0.25) is 4.79 Å². The van der Waals surface area contributed by atoms with E-state index in [2.05, 4.69) is 5.32 Å². The SMILES string of the molecule is CC(C)CC(NC(=O)C1C=CC(N)C1)C(=O)O. The van der Waals surface area contributed by atoms with Crippen LogP contribution in [0.3, 0.4) is 0 Å². The molecular formula is C12H20N2O3. The van der Waals surface area contributed by atoms with Crippen LogP contribution in [-0.4, -0.2) is 29.1 Å². The molecule has 0 fully saturated rings. The molecule has 96 valence electrons. The van der Waals surface area contributed by atoms with Crippen molar-refractivity contribution in [3.63, 3.8) is 0 Å². The zero-order chi connectivity index (χ0) is 13.0. The number of carboxylic acids is 1. The second-order valence-corrected chi connectivity index (χ2v) is 4.92. The number of nitrogens with two attached hydrogens (primary N) is 1. The zero-order valence-electron chi connectivity index (χ0n) is 10.2. The second-order valence-electron chi connectivity index (χ2n) is 4.92. The van der Waals surface area contributed by atoms with E-state index in [1.54, 1.807) is 12.2 Å². The molecule has 5 heteroatoms. The van der Waals surface area contributed by atoms with Gasteiger partial charge in [-0.15, -0.1) is 0 Å². The van der Waals surface area contributed by atoms with E-state index >= 15 is 0 Å². The average Bonchev–Trinajstić information content (AvgIpc) is 2.63. The van der Waals surface area contributed by atoms with Crippen molar-refractivity contribution >= 4 is 11.9 Å². The summed E-state index contributed by atoms with van der Waals surface area (Å²) in [6.45, 7) is 3.85. The zero-order valence-corrected chi connectivity index (χ0v) is 10.2. The molecule has 3 atom stereocenters. The molecule has 0 radical (unpaired) electrons. The number of hydrogen-bond donors (Lipinski definition) is 3. The van der Waals surface area contributed by atoms with Crippen LogP contribution < -0.4 is 11.1 Å². The molecule has 0 aromatic rings. The Morgan fingerprint density at radius 1 is 1.47 bits per heavy atom. The van der Waals surface area contributed by atoms with E-state index in [0.29, 0.717) is 12.8 Å². The summed E-state index contributed by atoms with van der Waals surface area (Å²) in [6.07, 6.45) is 4.51. The standard InChI is InChI=1S/C12H20N2O3/c1-7(2)5-10(12(16)17)14-11(15)8-3-4-9(13)6-8/h3-4,7-10H,5-6,13H2,1-2H3,(H,14,15)(H,16,17). The van der Waals surface area contributed by atoms with Crippen molar-refractivity contribution in [2.24, 2.45) is 17.6 Å². The van der Waals surface area contributed by atoms with E-state index in [0.717, 1.165) is 0 Å². The van der Waals surface area contributed by atoms with Crippen LogP contribution >= 0.6 is 0 Å². The number of aliphatic carboxylic acids is 1. The molecule has 1 rings (SSSR count). The van der Waals surface area contributed by atoms with E-state index in [-0.39, 0.29) is 23.8 Å². The first-order chi connectivity index (χ1) is 7.90. The monoisotopic (exact) mass is 240 g/mol. The number of amides is 1. The summed E-state index contributed by atoms with van der Waals surface area (Å²) in [5.74, 6) is -1.31. The minimum Gasteiger partial charge on any atom is -0.480 e. The van der Waals surface area contributed by atoms with E-state index in [4.69, 9.17) is 10.8 Å². The van der Waals surface area contributed by atoms with Crippen LogP contribution in [0.25, 0.3) is 0 Å². The molecule has 0 saturated carbocycles. The minimum absolute atomic E-state index is 0.0980. The Labute approximate surface area is 101 Å². The molecule has 1 aliphatic rings. The Bertz CT molecular complexity index is 326. The van der Waals surface area contributed by atoms with E-state index < -0.39 is 12.0 Å². The van der Waals surface area contributed by atoms with Crippen molar-refractivity contribution in [2.45, 2.75) is 38.8 Å². The second kappa shape index (κ2) is 5.82. The normalized spacial score (nSPS) is 24.9. The van der Waals surface area contributed by atoms with Crippen molar-refractivity contribution in [3.8, 4) is 0 Å². The molecule has 4 N–H and O–H groups in total. The van der Waals surface area contributed by atoms with Crippen LogP contribution in [-0.2, 0) is 9.59 Å². The van der Waals surface area contributed by atoms with Gasteiger partial charge in [-0.25, -0.2) is 4.79 Å². The van der Waals surface area contributed by atoms with Gasteiger partial charge in [-0.2, -0.15) is 0 Å². The maximum atomic E-state index is 11.8. The molecule has 0 spiro atoms. The average molecular weight is 240 g/mol. The molecule has 0 heterocycles. The molecule has 0 aliphatic heterocycles. The lowest BCUT2D eigenvalue weighted by Gasteiger charge is -2.18. The first-order valence-electron chi connectivity index (χ1n) is 5.87. The van der Waals surface area contributed by atoms with E-state index in [1.807, 2.05) is 13.8 Å². The lowest BCUT2D eigenvalue weighted by Crippen LogP contribution is -2.44. The molecule has 1 amide bonds. The summed E-state index contributed by atoms with van der Waals surface area (Å²) < 4.78 is 0. The highest BCUT2D eigenvalue weighted by atomic mass is 16.4. The summed E-state index contributed by atoms with van der Waals surface area (Å²) in [5, 5.41) is 11.6. The van der Waals surface area contributed by atoms with Crippen LogP contribution in [0.5, 0.6) is 0 Å². The predicted molar refractivity (Wildman–Crippen MR) is 64.2 cm³/mol. The van der Waals surface area contributed by atoms with Crippen molar-refractivity contribution in [1.82, 2.24) is 5.32 Å². The smallest absolute Gasteiger partial charge is 0.326 e. The molecule has 17 heavy (non-hydrogen) atoms. The number of rotatable bonds is 5. The lowest BCUT2D eigenvalue weighted by molar-refractivity contribution is -0.142. The molecule has 5 nitrogen and oxygen atoms in total. The number of carbonyl (C=O) groups excluding carboxylic acids is 1. The maximum Gasteiger partial charge on any atom is 0.326 e. The molecule has 0 aromatic carbocycles. The van der Waals surface area contributed by atoms with Crippen molar-refractivity contribution in [2.75, 3.05) is 0 Å². The molecule has 0 saturated heterocycles. The lowest BCUT2D eigenvalue weighted by atomic mass is 10.0. The summed E-state index contributed by atoms with van der Waals surface area (Å²) >= 11 is 0. The Morgan fingerprint density at radius 2 is 2.12 bits per heavy atom. The van der Waals surface area contributed by atoms with E-state index in [9.17, 15) is 9.59 Å². The van der Waals surface area contributed by atoms with Gasteiger partial charge in [0.25, 0.3) is 0 Å². The van der Waals surface area contributed by atoms with Crippen molar-refractivity contribution < 1.29 is 14.7 Å². The van der Waals surface area contributed by atoms with Gasteiger partial charge in [0.2, 0.25) is 5.91 Å². The topological polar surface area (TPSA) is 92.4 Å². The fourth-order valence-electron chi connectivity index (χ4n) is 1.89. The van der Waals surface area contributed by atoms with Crippen molar-refractivity contribution in [3.05, 3.63) is 12.2 Å². The third kappa shape index (κ3) is 4.19. The fraction of sp³-hybridized carbons (Fsp3) is 0.667. The highest BCUT2D eigenvalue weighted by Gasteiger charge is 2.27. The van der Waals surface area contributed by atoms with Crippen LogP contribution in [0, 0.1) is 11.8 Å². The van der Waals surface area contributed by atoms with Gasteiger partial charge >= 0.3 is 5.97 Å². The molecule has 0 aromatic heterocycles. The number of nitrogens with one attached hydrogen (secondary N) is 1. The number of carboxylic acid groups (broad SMARTS) is 1. The van der Waals surface area contributed by atoms with Gasteiger partial charge in [0.15, 0.2) is 0 Å². The first kappa shape index (κ1) is 13.7. The van der Waals surface area contributed by atoms with E-state index in [1.165, 1.54) is 0 Å². The minimum atomic E-state index is -0.988. The molecule has 3 unspecified atom stereocenters. The third-order valence-electron chi connectivity index (χ3n) is 2.78. The highest BCUT2D eigenvalue weighted by molar-refractivity contribution is 5.86. The van der Waals surface area contributed by atoms with Gasteiger partial charge in [-0.1, -0.05) is 26.0 Å². The molecule has 1 aliphatic carbocycles. The van der Waals surface area contributed by atoms with Crippen LogP contribution in [0.2, 0.25) is 0 Å². The Hall–Kier alpha value is -1.36. The maximum absolute atomic E-state index is 11.8. The van der Waals surface area contributed by atoms with Crippen LogP contribution in [0.1, 0.15) is 26.7 Å². The summed E-state index contributed by atoms with van der Waals surface area (Å²) in [4.78, 5) is 22.8. The molecular weight excluding hydrogens is 220 g/mol. The largest absolute Gasteiger partial charge is 0.480 e.